The average Bonchev–Trinajstić information content (AvgIpc) is 2.94. The van der Waals surface area contributed by atoms with Gasteiger partial charge in [-0.2, -0.15) is 0 Å². The number of rotatable bonds is 6. The minimum atomic E-state index is 0.618. The number of ether oxygens (including phenoxy) is 1. The van der Waals surface area contributed by atoms with Crippen molar-refractivity contribution in [1.82, 2.24) is 5.43 Å². The summed E-state index contributed by atoms with van der Waals surface area (Å²) in [7, 11) is 0. The summed E-state index contributed by atoms with van der Waals surface area (Å²) >= 11 is 12.2. The Hall–Kier alpha value is -1.68. The van der Waals surface area contributed by atoms with E-state index in [4.69, 9.17) is 27.9 Å². The van der Waals surface area contributed by atoms with Gasteiger partial charge in [-0.3, -0.25) is 5.01 Å². The number of hydrazine groups is 1. The maximum Gasteiger partial charge on any atom is 0.0761 e. The van der Waals surface area contributed by atoms with E-state index in [0.29, 0.717) is 13.2 Å². The summed E-state index contributed by atoms with van der Waals surface area (Å²) in [6.07, 6.45) is 0.880. The van der Waals surface area contributed by atoms with Gasteiger partial charge in [0.15, 0.2) is 0 Å². The second kappa shape index (κ2) is 7.93. The minimum Gasteiger partial charge on any atom is -0.377 e. The number of para-hydroxylation sites is 1. The number of halogens is 2. The Labute approximate surface area is 152 Å². The van der Waals surface area contributed by atoms with Crippen LogP contribution in [0.2, 0.25) is 10.0 Å². The Morgan fingerprint density at radius 1 is 1.08 bits per heavy atom. The molecule has 3 rings (SSSR count). The first-order chi connectivity index (χ1) is 11.6. The molecule has 0 fully saturated rings. The van der Waals surface area contributed by atoms with E-state index in [1.165, 1.54) is 11.1 Å². The van der Waals surface area contributed by atoms with Crippen molar-refractivity contribution in [3.63, 3.8) is 0 Å². The molecule has 1 N–H and O–H groups in total. The SMILES string of the molecule is CC1=C(COCCc2ccc(Cl)cc2)CN(c2ccccc2Cl)N1. The molecule has 0 atom stereocenters. The summed E-state index contributed by atoms with van der Waals surface area (Å²) < 4.78 is 5.85. The monoisotopic (exact) mass is 362 g/mol. The van der Waals surface area contributed by atoms with Gasteiger partial charge in [0.1, 0.15) is 0 Å². The molecule has 0 aromatic heterocycles. The van der Waals surface area contributed by atoms with Gasteiger partial charge in [0.05, 0.1) is 30.5 Å². The van der Waals surface area contributed by atoms with Gasteiger partial charge in [-0.1, -0.05) is 47.5 Å². The number of allylic oxidation sites excluding steroid dienone is 1. The topological polar surface area (TPSA) is 24.5 Å². The third-order valence-corrected chi connectivity index (χ3v) is 4.62. The van der Waals surface area contributed by atoms with Gasteiger partial charge in [0, 0.05) is 10.7 Å². The van der Waals surface area contributed by atoms with Crippen molar-refractivity contribution in [1.29, 1.82) is 0 Å². The van der Waals surface area contributed by atoms with E-state index in [0.717, 1.165) is 34.4 Å². The van der Waals surface area contributed by atoms with Crippen LogP contribution in [0.3, 0.4) is 0 Å². The Morgan fingerprint density at radius 3 is 2.58 bits per heavy atom. The first-order valence-corrected chi connectivity index (χ1v) is 8.68. The minimum absolute atomic E-state index is 0.618. The summed E-state index contributed by atoms with van der Waals surface area (Å²) in [4.78, 5) is 0. The maximum atomic E-state index is 6.26. The van der Waals surface area contributed by atoms with Crippen LogP contribution in [0, 0.1) is 0 Å². The molecule has 1 aliphatic heterocycles. The van der Waals surface area contributed by atoms with E-state index in [-0.39, 0.29) is 0 Å². The van der Waals surface area contributed by atoms with Gasteiger partial charge in [-0.05, 0) is 48.7 Å². The second-order valence-corrected chi connectivity index (χ2v) is 6.65. The molecule has 5 heteroatoms. The van der Waals surface area contributed by atoms with Crippen LogP contribution in [-0.2, 0) is 11.2 Å². The Morgan fingerprint density at radius 2 is 1.83 bits per heavy atom. The highest BCUT2D eigenvalue weighted by atomic mass is 35.5. The molecule has 1 heterocycles. The van der Waals surface area contributed by atoms with Crippen LogP contribution in [0.25, 0.3) is 0 Å². The largest absolute Gasteiger partial charge is 0.377 e. The number of hydrogen-bond acceptors (Lipinski definition) is 3. The van der Waals surface area contributed by atoms with Crippen molar-refractivity contribution in [2.45, 2.75) is 13.3 Å². The molecule has 0 bridgehead atoms. The fraction of sp³-hybridized carbons (Fsp3) is 0.263. The molecule has 2 aromatic rings. The Bertz CT molecular complexity index is 728. The molecule has 24 heavy (non-hydrogen) atoms. The van der Waals surface area contributed by atoms with E-state index in [2.05, 4.69) is 17.4 Å². The number of anilines is 1. The van der Waals surface area contributed by atoms with Crippen molar-refractivity contribution < 1.29 is 4.74 Å². The Kier molecular flexibility index (Phi) is 5.67. The Balaban J connectivity index is 1.48. The molecule has 0 aliphatic carbocycles. The average molecular weight is 363 g/mol. The number of nitrogens with one attached hydrogen (secondary N) is 1. The van der Waals surface area contributed by atoms with Crippen molar-refractivity contribution in [3.8, 4) is 0 Å². The van der Waals surface area contributed by atoms with Crippen LogP contribution in [0.5, 0.6) is 0 Å². The standard InChI is InChI=1S/C19H20Cl2N2O/c1-14-16(12-23(22-14)19-5-3-2-4-18(19)21)13-24-11-10-15-6-8-17(20)9-7-15/h2-9,22H,10-13H2,1H3. The molecule has 0 unspecified atom stereocenters. The van der Waals surface area contributed by atoms with E-state index in [9.17, 15) is 0 Å². The molecule has 0 amide bonds. The highest BCUT2D eigenvalue weighted by molar-refractivity contribution is 6.33. The lowest BCUT2D eigenvalue weighted by Gasteiger charge is -2.21. The predicted molar refractivity (Wildman–Crippen MR) is 101 cm³/mol. The summed E-state index contributed by atoms with van der Waals surface area (Å²) in [5, 5.41) is 3.55. The number of nitrogens with zero attached hydrogens (tertiary/aromatic N) is 1. The molecule has 0 saturated carbocycles. The zero-order chi connectivity index (χ0) is 16.9. The van der Waals surface area contributed by atoms with E-state index >= 15 is 0 Å². The van der Waals surface area contributed by atoms with Gasteiger partial charge < -0.3 is 10.2 Å². The van der Waals surface area contributed by atoms with Gasteiger partial charge in [-0.25, -0.2) is 0 Å². The lowest BCUT2D eigenvalue weighted by Crippen LogP contribution is -2.31. The van der Waals surface area contributed by atoms with E-state index in [1.807, 2.05) is 48.5 Å². The first kappa shape index (κ1) is 17.2. The lowest BCUT2D eigenvalue weighted by molar-refractivity contribution is 0.159. The van der Waals surface area contributed by atoms with Crippen LogP contribution >= 0.6 is 23.2 Å². The third-order valence-electron chi connectivity index (χ3n) is 4.05. The third kappa shape index (κ3) is 4.23. The molecule has 2 aromatic carbocycles. The van der Waals surface area contributed by atoms with Crippen molar-refractivity contribution >= 4 is 28.9 Å². The summed E-state index contributed by atoms with van der Waals surface area (Å²) in [6, 6.07) is 15.7. The molecule has 0 radical (unpaired) electrons. The molecule has 126 valence electrons. The van der Waals surface area contributed by atoms with E-state index in [1.54, 1.807) is 0 Å². The van der Waals surface area contributed by atoms with Crippen LogP contribution in [0.4, 0.5) is 5.69 Å². The normalized spacial score (nSPS) is 14.2. The predicted octanol–water partition coefficient (Wildman–Crippen LogP) is 4.85. The fourth-order valence-corrected chi connectivity index (χ4v) is 3.00. The molecule has 0 saturated heterocycles. The zero-order valence-electron chi connectivity index (χ0n) is 13.6. The maximum absolute atomic E-state index is 6.26. The number of benzene rings is 2. The zero-order valence-corrected chi connectivity index (χ0v) is 15.1. The van der Waals surface area contributed by atoms with Crippen LogP contribution in [-0.4, -0.2) is 19.8 Å². The van der Waals surface area contributed by atoms with Gasteiger partial charge >= 0.3 is 0 Å². The highest BCUT2D eigenvalue weighted by Gasteiger charge is 2.20. The molecular formula is C19H20Cl2N2O. The smallest absolute Gasteiger partial charge is 0.0761 e. The summed E-state index contributed by atoms with van der Waals surface area (Å²) in [6.45, 7) is 4.14. The molecular weight excluding hydrogens is 343 g/mol. The van der Waals surface area contributed by atoms with Crippen LogP contribution in [0.1, 0.15) is 12.5 Å². The highest BCUT2D eigenvalue weighted by Crippen LogP contribution is 2.27. The second-order valence-electron chi connectivity index (χ2n) is 5.81. The molecule has 0 spiro atoms. The van der Waals surface area contributed by atoms with Gasteiger partial charge in [-0.15, -0.1) is 0 Å². The van der Waals surface area contributed by atoms with E-state index < -0.39 is 0 Å². The van der Waals surface area contributed by atoms with Crippen LogP contribution in [0.15, 0.2) is 59.8 Å². The number of hydrogen-bond donors (Lipinski definition) is 1. The lowest BCUT2D eigenvalue weighted by atomic mass is 10.2. The van der Waals surface area contributed by atoms with Crippen molar-refractivity contribution in [2.75, 3.05) is 24.8 Å². The van der Waals surface area contributed by atoms with Crippen LogP contribution < -0.4 is 10.4 Å². The fourth-order valence-electron chi connectivity index (χ4n) is 2.64. The van der Waals surface area contributed by atoms with Crippen molar-refractivity contribution in [2.24, 2.45) is 0 Å². The summed E-state index contributed by atoms with van der Waals surface area (Å²) in [5.41, 5.74) is 7.94. The quantitative estimate of drug-likeness (QED) is 0.743. The van der Waals surface area contributed by atoms with Crippen molar-refractivity contribution in [3.05, 3.63) is 75.4 Å². The first-order valence-electron chi connectivity index (χ1n) is 7.93. The van der Waals surface area contributed by atoms with Gasteiger partial charge in [0.25, 0.3) is 0 Å². The molecule has 3 nitrogen and oxygen atoms in total. The van der Waals surface area contributed by atoms with Gasteiger partial charge in [0.2, 0.25) is 0 Å². The summed E-state index contributed by atoms with van der Waals surface area (Å²) in [5.74, 6) is 0. The molecule has 1 aliphatic rings.